The van der Waals surface area contributed by atoms with E-state index in [2.05, 4.69) is 31.0 Å². The Kier molecular flexibility index (Phi) is 7.05. The number of thioether (sulfide) groups is 1. The number of nitrogens with zero attached hydrogens (tertiary/aromatic N) is 3. The molecule has 0 radical (unpaired) electrons. The fraction of sp³-hybridized carbons (Fsp3) is 0.304. The Labute approximate surface area is 181 Å². The van der Waals surface area contributed by atoms with Gasteiger partial charge in [0.15, 0.2) is 16.7 Å². The zero-order valence-electron chi connectivity index (χ0n) is 18.0. The Bertz CT molecular complexity index is 1030. The second-order valence-corrected chi connectivity index (χ2v) is 7.93. The lowest BCUT2D eigenvalue weighted by molar-refractivity contribution is -0.127. The molecule has 0 N–H and O–H groups in total. The van der Waals surface area contributed by atoms with Crippen molar-refractivity contribution in [2.75, 3.05) is 27.0 Å². The Morgan fingerprint density at radius 3 is 2.63 bits per heavy atom. The predicted octanol–water partition coefficient (Wildman–Crippen LogP) is 4.26. The molecule has 0 atom stereocenters. The molecule has 0 bridgehead atoms. The van der Waals surface area contributed by atoms with Gasteiger partial charge in [0.2, 0.25) is 5.91 Å². The van der Waals surface area contributed by atoms with Gasteiger partial charge < -0.3 is 14.4 Å². The molecular formula is C23H27N3O3S. The molecule has 1 amide bonds. The van der Waals surface area contributed by atoms with Crippen LogP contribution in [0.3, 0.4) is 0 Å². The van der Waals surface area contributed by atoms with E-state index in [9.17, 15) is 4.79 Å². The standard InChI is InChI=1S/C23H27N3O3S/c1-16-8-6-10-19(17(16)2)26-13-12-24-23(26)30-15-21(27)25(3)14-18-9-7-11-20(28-4)22(18)29-5/h6-13H,14-15H2,1-5H3. The number of para-hydroxylation sites is 1. The van der Waals surface area contributed by atoms with Gasteiger partial charge in [-0.05, 0) is 37.1 Å². The molecule has 30 heavy (non-hydrogen) atoms. The van der Waals surface area contributed by atoms with E-state index in [0.29, 0.717) is 23.8 Å². The van der Waals surface area contributed by atoms with Crippen LogP contribution in [0.5, 0.6) is 11.5 Å². The molecule has 0 aliphatic rings. The van der Waals surface area contributed by atoms with Crippen LogP contribution in [0, 0.1) is 13.8 Å². The maximum atomic E-state index is 12.8. The first kappa shape index (κ1) is 21.8. The molecule has 0 aliphatic carbocycles. The van der Waals surface area contributed by atoms with Crippen molar-refractivity contribution in [1.82, 2.24) is 14.5 Å². The maximum absolute atomic E-state index is 12.8. The summed E-state index contributed by atoms with van der Waals surface area (Å²) in [6, 6.07) is 11.9. The van der Waals surface area contributed by atoms with E-state index >= 15 is 0 Å². The minimum Gasteiger partial charge on any atom is -0.493 e. The molecule has 0 fully saturated rings. The summed E-state index contributed by atoms with van der Waals surface area (Å²) in [6.45, 7) is 4.62. The molecule has 2 aromatic carbocycles. The number of imidazole rings is 1. The summed E-state index contributed by atoms with van der Waals surface area (Å²) in [6.07, 6.45) is 3.69. The number of hydrogen-bond donors (Lipinski definition) is 0. The lowest BCUT2D eigenvalue weighted by Gasteiger charge is -2.20. The first-order valence-corrected chi connectivity index (χ1v) is 10.6. The van der Waals surface area contributed by atoms with E-state index in [0.717, 1.165) is 16.4 Å². The van der Waals surface area contributed by atoms with Crippen molar-refractivity contribution in [3.05, 3.63) is 65.5 Å². The first-order chi connectivity index (χ1) is 14.5. The van der Waals surface area contributed by atoms with Crippen LogP contribution in [0.2, 0.25) is 0 Å². The average Bonchev–Trinajstić information content (AvgIpc) is 3.21. The topological polar surface area (TPSA) is 56.6 Å². The predicted molar refractivity (Wildman–Crippen MR) is 120 cm³/mol. The molecular weight excluding hydrogens is 398 g/mol. The molecule has 0 aliphatic heterocycles. The fourth-order valence-electron chi connectivity index (χ4n) is 3.23. The highest BCUT2D eigenvalue weighted by Crippen LogP contribution is 2.31. The molecule has 0 saturated carbocycles. The van der Waals surface area contributed by atoms with Gasteiger partial charge in [-0.3, -0.25) is 9.36 Å². The summed E-state index contributed by atoms with van der Waals surface area (Å²) < 4.78 is 12.8. The van der Waals surface area contributed by atoms with Crippen molar-refractivity contribution in [2.24, 2.45) is 0 Å². The van der Waals surface area contributed by atoms with Gasteiger partial charge in [-0.15, -0.1) is 0 Å². The number of aryl methyl sites for hydroxylation is 1. The largest absolute Gasteiger partial charge is 0.493 e. The molecule has 0 saturated heterocycles. The summed E-state index contributed by atoms with van der Waals surface area (Å²) in [5.41, 5.74) is 4.40. The molecule has 7 heteroatoms. The first-order valence-electron chi connectivity index (χ1n) is 9.62. The van der Waals surface area contributed by atoms with Crippen LogP contribution in [0.15, 0.2) is 53.9 Å². The van der Waals surface area contributed by atoms with Crippen LogP contribution in [-0.2, 0) is 11.3 Å². The van der Waals surface area contributed by atoms with Crippen molar-refractivity contribution in [3.8, 4) is 17.2 Å². The number of methoxy groups -OCH3 is 2. The van der Waals surface area contributed by atoms with Crippen molar-refractivity contribution in [2.45, 2.75) is 25.5 Å². The number of aromatic nitrogens is 2. The Morgan fingerprint density at radius 1 is 1.13 bits per heavy atom. The third-order valence-corrected chi connectivity index (χ3v) is 6.04. The summed E-state index contributed by atoms with van der Waals surface area (Å²) in [4.78, 5) is 18.9. The Balaban J connectivity index is 1.69. The van der Waals surface area contributed by atoms with Gasteiger partial charge in [-0.2, -0.15) is 0 Å². The van der Waals surface area contributed by atoms with Crippen LogP contribution in [0.25, 0.3) is 5.69 Å². The van der Waals surface area contributed by atoms with Gasteiger partial charge >= 0.3 is 0 Å². The number of ether oxygens (including phenoxy) is 2. The summed E-state index contributed by atoms with van der Waals surface area (Å²) in [5.74, 6) is 1.61. The molecule has 0 unspecified atom stereocenters. The molecule has 1 aromatic heterocycles. The van der Waals surface area contributed by atoms with Crippen molar-refractivity contribution < 1.29 is 14.3 Å². The van der Waals surface area contributed by atoms with Gasteiger partial charge in [-0.25, -0.2) is 4.98 Å². The van der Waals surface area contributed by atoms with Crippen LogP contribution in [0.1, 0.15) is 16.7 Å². The lowest BCUT2D eigenvalue weighted by Crippen LogP contribution is -2.28. The van der Waals surface area contributed by atoms with E-state index < -0.39 is 0 Å². The van der Waals surface area contributed by atoms with E-state index in [-0.39, 0.29) is 5.91 Å². The van der Waals surface area contributed by atoms with E-state index in [1.165, 1.54) is 22.9 Å². The lowest BCUT2D eigenvalue weighted by atomic mass is 10.1. The maximum Gasteiger partial charge on any atom is 0.233 e. The smallest absolute Gasteiger partial charge is 0.233 e. The molecule has 3 rings (SSSR count). The number of hydrogen-bond acceptors (Lipinski definition) is 5. The zero-order valence-corrected chi connectivity index (χ0v) is 18.8. The minimum atomic E-state index is 0.0142. The minimum absolute atomic E-state index is 0.0142. The van der Waals surface area contributed by atoms with Gasteiger partial charge in [0, 0.05) is 31.5 Å². The van der Waals surface area contributed by atoms with Crippen molar-refractivity contribution >= 4 is 17.7 Å². The van der Waals surface area contributed by atoms with Crippen LogP contribution in [0.4, 0.5) is 0 Å². The highest BCUT2D eigenvalue weighted by Gasteiger charge is 2.17. The molecule has 6 nitrogen and oxygen atoms in total. The zero-order chi connectivity index (χ0) is 21.7. The van der Waals surface area contributed by atoms with E-state index in [1.807, 2.05) is 35.0 Å². The number of rotatable bonds is 8. The average molecular weight is 426 g/mol. The monoisotopic (exact) mass is 425 g/mol. The van der Waals surface area contributed by atoms with Crippen molar-refractivity contribution in [3.63, 3.8) is 0 Å². The second kappa shape index (κ2) is 9.71. The Morgan fingerprint density at radius 2 is 1.90 bits per heavy atom. The SMILES string of the molecule is COc1cccc(CN(C)C(=O)CSc2nccn2-c2cccc(C)c2C)c1OC. The number of carbonyl (C=O) groups is 1. The number of amides is 1. The number of benzene rings is 2. The van der Waals surface area contributed by atoms with Gasteiger partial charge in [-0.1, -0.05) is 36.0 Å². The van der Waals surface area contributed by atoms with Gasteiger partial charge in [0.25, 0.3) is 0 Å². The Hall–Kier alpha value is -2.93. The van der Waals surface area contributed by atoms with Crippen LogP contribution < -0.4 is 9.47 Å². The molecule has 3 aromatic rings. The van der Waals surface area contributed by atoms with E-state index in [4.69, 9.17) is 9.47 Å². The second-order valence-electron chi connectivity index (χ2n) is 6.99. The molecule has 158 valence electrons. The number of carbonyl (C=O) groups excluding carboxylic acids is 1. The summed E-state index contributed by atoms with van der Waals surface area (Å²) >= 11 is 1.43. The highest BCUT2D eigenvalue weighted by atomic mass is 32.2. The third-order valence-electron chi connectivity index (χ3n) is 5.08. The normalized spacial score (nSPS) is 10.7. The highest BCUT2D eigenvalue weighted by molar-refractivity contribution is 7.99. The molecule has 1 heterocycles. The fourth-order valence-corrected chi connectivity index (χ4v) is 4.14. The van der Waals surface area contributed by atoms with Crippen LogP contribution in [-0.4, -0.2) is 47.4 Å². The molecule has 0 spiro atoms. The third kappa shape index (κ3) is 4.62. The van der Waals surface area contributed by atoms with E-state index in [1.54, 1.807) is 32.4 Å². The summed E-state index contributed by atoms with van der Waals surface area (Å²) in [5, 5.41) is 0.796. The van der Waals surface area contributed by atoms with Crippen molar-refractivity contribution in [1.29, 1.82) is 0 Å². The van der Waals surface area contributed by atoms with Gasteiger partial charge in [0.1, 0.15) is 0 Å². The quantitative estimate of drug-likeness (QED) is 0.505. The van der Waals surface area contributed by atoms with Gasteiger partial charge in [0.05, 0.1) is 25.7 Å². The summed E-state index contributed by atoms with van der Waals surface area (Å²) in [7, 11) is 5.00. The van der Waals surface area contributed by atoms with Crippen LogP contribution >= 0.6 is 11.8 Å².